The van der Waals surface area contributed by atoms with Crippen molar-refractivity contribution in [1.82, 2.24) is 10.2 Å². The molecular weight excluding hydrogens is 582 g/mol. The molecule has 1 N–H and O–H groups in total. The summed E-state index contributed by atoms with van der Waals surface area (Å²) in [6, 6.07) is 29.1. The van der Waals surface area contributed by atoms with Gasteiger partial charge in [0.2, 0.25) is 11.8 Å². The third kappa shape index (κ3) is 8.03. The molecule has 7 nitrogen and oxygen atoms in total. The molecule has 0 heterocycles. The van der Waals surface area contributed by atoms with Crippen molar-refractivity contribution < 1.29 is 18.0 Å². The van der Waals surface area contributed by atoms with E-state index < -0.39 is 28.5 Å². The van der Waals surface area contributed by atoms with Crippen LogP contribution in [0.1, 0.15) is 29.2 Å². The minimum absolute atomic E-state index is 0.0362. The lowest BCUT2D eigenvalue weighted by molar-refractivity contribution is -0.140. The summed E-state index contributed by atoms with van der Waals surface area (Å²) < 4.78 is 29.1. The Hall–Kier alpha value is -4.14. The highest BCUT2D eigenvalue weighted by molar-refractivity contribution is 7.92. The minimum atomic E-state index is -4.18. The molecule has 0 aromatic heterocycles. The summed E-state index contributed by atoms with van der Waals surface area (Å²) in [4.78, 5) is 29.4. The van der Waals surface area contributed by atoms with Gasteiger partial charge in [-0.2, -0.15) is 0 Å². The number of nitrogens with zero attached hydrogens (tertiary/aromatic N) is 2. The molecule has 4 aromatic carbocycles. The van der Waals surface area contributed by atoms with Gasteiger partial charge in [-0.3, -0.25) is 13.9 Å². The summed E-state index contributed by atoms with van der Waals surface area (Å²) in [6.07, 6.45) is 0.256. The van der Waals surface area contributed by atoms with Crippen LogP contribution >= 0.6 is 11.6 Å². The number of hydrogen-bond donors (Lipinski definition) is 1. The van der Waals surface area contributed by atoms with E-state index in [0.717, 1.165) is 26.6 Å². The summed E-state index contributed by atoms with van der Waals surface area (Å²) in [6.45, 7) is 5.57. The molecule has 43 heavy (non-hydrogen) atoms. The van der Waals surface area contributed by atoms with E-state index in [2.05, 4.69) is 5.32 Å². The molecule has 9 heteroatoms. The van der Waals surface area contributed by atoms with Crippen molar-refractivity contribution in [1.29, 1.82) is 0 Å². The molecule has 0 aliphatic carbocycles. The zero-order valence-electron chi connectivity index (χ0n) is 24.5. The predicted molar refractivity (Wildman–Crippen MR) is 172 cm³/mol. The van der Waals surface area contributed by atoms with E-state index in [1.807, 2.05) is 75.4 Å². The Bertz CT molecular complexity index is 1650. The molecule has 0 aliphatic heterocycles. The van der Waals surface area contributed by atoms with Crippen LogP contribution in [-0.4, -0.2) is 44.3 Å². The molecule has 0 bridgehead atoms. The number of sulfonamides is 1. The standard InChI is InChI=1S/C34H36ClN3O4S/c1-4-36-34(40)32(21-27-11-7-5-8-12-27)37(23-28-18-15-25(2)16-19-28)33(39)24-38(29-20-17-26(3)31(35)22-29)43(41,42)30-13-9-6-10-14-30/h5-20,22,32H,4,21,23-24H2,1-3H3,(H,36,40)/t32-/m1/s1. The summed E-state index contributed by atoms with van der Waals surface area (Å²) >= 11 is 6.42. The molecule has 224 valence electrons. The lowest BCUT2D eigenvalue weighted by Crippen LogP contribution is -2.53. The van der Waals surface area contributed by atoms with Crippen molar-refractivity contribution >= 4 is 39.1 Å². The van der Waals surface area contributed by atoms with Crippen LogP contribution < -0.4 is 9.62 Å². The topological polar surface area (TPSA) is 86.8 Å². The average molecular weight is 618 g/mol. The number of halogens is 1. The second-order valence-corrected chi connectivity index (χ2v) is 12.6. The van der Waals surface area contributed by atoms with E-state index in [1.54, 1.807) is 36.4 Å². The van der Waals surface area contributed by atoms with Gasteiger partial charge < -0.3 is 10.2 Å². The van der Waals surface area contributed by atoms with Gasteiger partial charge in [0.25, 0.3) is 10.0 Å². The van der Waals surface area contributed by atoms with Crippen molar-refractivity contribution in [2.24, 2.45) is 0 Å². The third-order valence-electron chi connectivity index (χ3n) is 7.15. The second-order valence-electron chi connectivity index (χ2n) is 10.4. The molecule has 0 radical (unpaired) electrons. The molecule has 0 aliphatic rings. The fourth-order valence-electron chi connectivity index (χ4n) is 4.72. The summed E-state index contributed by atoms with van der Waals surface area (Å²) in [5.41, 5.74) is 3.77. The molecule has 4 rings (SSSR count). The predicted octanol–water partition coefficient (Wildman–Crippen LogP) is 5.93. The number of rotatable bonds is 12. The van der Waals surface area contributed by atoms with Gasteiger partial charge in [0, 0.05) is 24.5 Å². The third-order valence-corrected chi connectivity index (χ3v) is 9.34. The van der Waals surface area contributed by atoms with Gasteiger partial charge in [0.05, 0.1) is 10.6 Å². The van der Waals surface area contributed by atoms with E-state index in [0.29, 0.717) is 11.6 Å². The molecule has 1 atom stereocenters. The van der Waals surface area contributed by atoms with Crippen molar-refractivity contribution in [2.75, 3.05) is 17.4 Å². The van der Waals surface area contributed by atoms with Crippen molar-refractivity contribution in [2.45, 2.75) is 44.7 Å². The number of benzene rings is 4. The Morgan fingerprint density at radius 2 is 1.47 bits per heavy atom. The van der Waals surface area contributed by atoms with E-state index in [-0.39, 0.29) is 29.5 Å². The van der Waals surface area contributed by atoms with E-state index in [9.17, 15) is 18.0 Å². The Labute approximate surface area is 259 Å². The molecule has 0 saturated heterocycles. The van der Waals surface area contributed by atoms with Gasteiger partial charge in [-0.25, -0.2) is 8.42 Å². The first-order valence-corrected chi connectivity index (χ1v) is 15.9. The average Bonchev–Trinajstić information content (AvgIpc) is 3.01. The van der Waals surface area contributed by atoms with Crippen molar-refractivity contribution in [3.8, 4) is 0 Å². The highest BCUT2D eigenvalue weighted by Crippen LogP contribution is 2.29. The lowest BCUT2D eigenvalue weighted by Gasteiger charge is -2.34. The molecule has 0 spiro atoms. The Kier molecular flexibility index (Phi) is 10.6. The highest BCUT2D eigenvalue weighted by Gasteiger charge is 2.34. The highest BCUT2D eigenvalue weighted by atomic mass is 35.5. The first kappa shape index (κ1) is 31.8. The zero-order valence-corrected chi connectivity index (χ0v) is 26.1. The lowest BCUT2D eigenvalue weighted by atomic mass is 10.0. The zero-order chi connectivity index (χ0) is 31.0. The number of anilines is 1. The van der Waals surface area contributed by atoms with Gasteiger partial charge in [0.1, 0.15) is 12.6 Å². The van der Waals surface area contributed by atoms with E-state index in [1.165, 1.54) is 17.0 Å². The maximum Gasteiger partial charge on any atom is 0.264 e. The monoisotopic (exact) mass is 617 g/mol. The largest absolute Gasteiger partial charge is 0.355 e. The first-order valence-electron chi connectivity index (χ1n) is 14.1. The summed E-state index contributed by atoms with van der Waals surface area (Å²) in [7, 11) is -4.18. The summed E-state index contributed by atoms with van der Waals surface area (Å²) in [5.74, 6) is -0.841. The van der Waals surface area contributed by atoms with Crippen LogP contribution in [0, 0.1) is 13.8 Å². The number of carbonyl (C=O) groups is 2. The van der Waals surface area contributed by atoms with Gasteiger partial charge in [-0.05, 0) is 61.7 Å². The molecule has 0 fully saturated rings. The Balaban J connectivity index is 1.80. The SMILES string of the molecule is CCNC(=O)[C@@H](Cc1ccccc1)N(Cc1ccc(C)cc1)C(=O)CN(c1ccc(C)c(Cl)c1)S(=O)(=O)c1ccccc1. The first-order chi connectivity index (χ1) is 20.6. The van der Waals surface area contributed by atoms with Gasteiger partial charge in [-0.15, -0.1) is 0 Å². The maximum absolute atomic E-state index is 14.4. The smallest absolute Gasteiger partial charge is 0.264 e. The van der Waals surface area contributed by atoms with E-state index >= 15 is 0 Å². The number of amides is 2. The van der Waals surface area contributed by atoms with Crippen LogP contribution in [0.3, 0.4) is 0 Å². The van der Waals surface area contributed by atoms with Crippen LogP contribution in [0.15, 0.2) is 108 Å². The Morgan fingerprint density at radius 3 is 2.07 bits per heavy atom. The Morgan fingerprint density at radius 1 is 0.837 bits per heavy atom. The fraction of sp³-hybridized carbons (Fsp3) is 0.235. The molecule has 2 amide bonds. The fourth-order valence-corrected chi connectivity index (χ4v) is 6.32. The van der Waals surface area contributed by atoms with Crippen LogP contribution in [0.5, 0.6) is 0 Å². The van der Waals surface area contributed by atoms with Crippen LogP contribution in [0.4, 0.5) is 5.69 Å². The van der Waals surface area contributed by atoms with E-state index in [4.69, 9.17) is 11.6 Å². The van der Waals surface area contributed by atoms with Crippen LogP contribution in [0.2, 0.25) is 5.02 Å². The molecule has 0 saturated carbocycles. The normalized spacial score (nSPS) is 11.9. The maximum atomic E-state index is 14.4. The van der Waals surface area contributed by atoms with Gasteiger partial charge in [0.15, 0.2) is 0 Å². The minimum Gasteiger partial charge on any atom is -0.355 e. The second kappa shape index (κ2) is 14.4. The van der Waals surface area contributed by atoms with Gasteiger partial charge in [-0.1, -0.05) is 96.0 Å². The molecular formula is C34H36ClN3O4S. The van der Waals surface area contributed by atoms with Gasteiger partial charge >= 0.3 is 0 Å². The summed E-state index contributed by atoms with van der Waals surface area (Å²) in [5, 5.41) is 3.24. The number of likely N-dealkylation sites (N-methyl/N-ethyl adjacent to an activating group) is 1. The van der Waals surface area contributed by atoms with Crippen LogP contribution in [-0.2, 0) is 32.6 Å². The van der Waals surface area contributed by atoms with Crippen molar-refractivity contribution in [3.63, 3.8) is 0 Å². The van der Waals surface area contributed by atoms with Crippen LogP contribution in [0.25, 0.3) is 0 Å². The van der Waals surface area contributed by atoms with Crippen molar-refractivity contribution in [3.05, 3.63) is 130 Å². The molecule has 4 aromatic rings. The number of nitrogens with one attached hydrogen (secondary N) is 1. The number of aryl methyl sites for hydroxylation is 2. The quantitative estimate of drug-likeness (QED) is 0.214. The number of hydrogen-bond acceptors (Lipinski definition) is 4. The molecule has 0 unspecified atom stereocenters. The number of carbonyl (C=O) groups excluding carboxylic acids is 2.